The number of halogens is 1. The molecule has 0 fully saturated rings. The normalized spacial score (nSPS) is 10.0. The molecule has 0 bridgehead atoms. The SMILES string of the molecule is COc1c(Cl)c(C)c(C=O)c(OC)c1CC=C(C)C. The van der Waals surface area contributed by atoms with Crippen molar-refractivity contribution in [2.24, 2.45) is 0 Å². The van der Waals surface area contributed by atoms with Crippen LogP contribution in [0.3, 0.4) is 0 Å². The number of carbonyl (C=O) groups excluding carboxylic acids is 1. The van der Waals surface area contributed by atoms with E-state index >= 15 is 0 Å². The van der Waals surface area contributed by atoms with Gasteiger partial charge < -0.3 is 9.47 Å². The predicted octanol–water partition coefficient (Wildman–Crippen LogP) is 3.99. The summed E-state index contributed by atoms with van der Waals surface area (Å²) >= 11 is 6.27. The van der Waals surface area contributed by atoms with Crippen molar-refractivity contribution in [1.29, 1.82) is 0 Å². The third kappa shape index (κ3) is 3.10. The van der Waals surface area contributed by atoms with E-state index in [-0.39, 0.29) is 0 Å². The van der Waals surface area contributed by atoms with Gasteiger partial charge in [0.15, 0.2) is 6.29 Å². The fourth-order valence-electron chi connectivity index (χ4n) is 1.94. The Labute approximate surface area is 119 Å². The molecule has 104 valence electrons. The zero-order valence-corrected chi connectivity index (χ0v) is 12.7. The first-order valence-electron chi connectivity index (χ1n) is 5.99. The number of benzene rings is 1. The molecule has 0 unspecified atom stereocenters. The summed E-state index contributed by atoms with van der Waals surface area (Å²) in [7, 11) is 3.10. The van der Waals surface area contributed by atoms with Crippen LogP contribution in [0, 0.1) is 6.92 Å². The largest absolute Gasteiger partial charge is 0.496 e. The second-order valence-electron chi connectivity index (χ2n) is 4.50. The fourth-order valence-corrected chi connectivity index (χ4v) is 2.23. The van der Waals surface area contributed by atoms with Crippen LogP contribution in [0.5, 0.6) is 11.5 Å². The molecule has 19 heavy (non-hydrogen) atoms. The van der Waals surface area contributed by atoms with Gasteiger partial charge in [0.2, 0.25) is 0 Å². The van der Waals surface area contributed by atoms with E-state index in [9.17, 15) is 4.79 Å². The summed E-state index contributed by atoms with van der Waals surface area (Å²) in [6.45, 7) is 5.80. The summed E-state index contributed by atoms with van der Waals surface area (Å²) in [5.74, 6) is 1.10. The maximum Gasteiger partial charge on any atom is 0.154 e. The summed E-state index contributed by atoms with van der Waals surface area (Å²) in [5.41, 5.74) is 3.12. The Balaban J connectivity index is 3.60. The zero-order chi connectivity index (χ0) is 14.6. The van der Waals surface area contributed by atoms with Crippen LogP contribution >= 0.6 is 11.6 Å². The Morgan fingerprint density at radius 1 is 1.21 bits per heavy atom. The minimum atomic E-state index is 0.461. The van der Waals surface area contributed by atoms with Gasteiger partial charge >= 0.3 is 0 Å². The number of hydrogen-bond acceptors (Lipinski definition) is 3. The highest BCUT2D eigenvalue weighted by atomic mass is 35.5. The molecule has 0 atom stereocenters. The highest BCUT2D eigenvalue weighted by Crippen LogP contribution is 2.41. The van der Waals surface area contributed by atoms with Crippen LogP contribution in [-0.4, -0.2) is 20.5 Å². The summed E-state index contributed by atoms with van der Waals surface area (Å²) in [4.78, 5) is 11.3. The highest BCUT2D eigenvalue weighted by molar-refractivity contribution is 6.33. The van der Waals surface area contributed by atoms with Gasteiger partial charge in [0.05, 0.1) is 24.8 Å². The Morgan fingerprint density at radius 2 is 1.79 bits per heavy atom. The lowest BCUT2D eigenvalue weighted by Gasteiger charge is -2.18. The second-order valence-corrected chi connectivity index (χ2v) is 4.88. The molecule has 0 aliphatic rings. The van der Waals surface area contributed by atoms with Crippen LogP contribution < -0.4 is 9.47 Å². The van der Waals surface area contributed by atoms with Gasteiger partial charge in [0.25, 0.3) is 0 Å². The zero-order valence-electron chi connectivity index (χ0n) is 12.0. The van der Waals surface area contributed by atoms with Crippen molar-refractivity contribution in [3.05, 3.63) is 33.4 Å². The molecule has 4 heteroatoms. The first kappa shape index (κ1) is 15.6. The standard InChI is InChI=1S/C15H19ClO3/c1-9(2)6-7-11-14(18-4)12(8-17)10(3)13(16)15(11)19-5/h6,8H,7H2,1-5H3. The number of rotatable bonds is 5. The third-order valence-corrected chi connectivity index (χ3v) is 3.42. The number of aldehydes is 1. The molecule has 0 N–H and O–H groups in total. The molecule has 0 heterocycles. The third-order valence-electron chi connectivity index (χ3n) is 2.97. The van der Waals surface area contributed by atoms with E-state index in [1.165, 1.54) is 5.57 Å². The first-order chi connectivity index (χ1) is 8.97. The molecule has 1 aromatic rings. The lowest BCUT2D eigenvalue weighted by Crippen LogP contribution is -2.03. The molecule has 0 aliphatic carbocycles. The number of methoxy groups -OCH3 is 2. The smallest absolute Gasteiger partial charge is 0.154 e. The summed E-state index contributed by atoms with van der Waals surface area (Å²) in [6, 6.07) is 0. The van der Waals surface area contributed by atoms with Crippen molar-refractivity contribution in [3.8, 4) is 11.5 Å². The Hall–Kier alpha value is -1.48. The maximum atomic E-state index is 11.3. The molecule has 0 aliphatic heterocycles. The first-order valence-corrected chi connectivity index (χ1v) is 6.37. The van der Waals surface area contributed by atoms with E-state index in [2.05, 4.69) is 0 Å². The second kappa shape index (κ2) is 6.62. The minimum Gasteiger partial charge on any atom is -0.496 e. The number of ether oxygens (including phenoxy) is 2. The van der Waals surface area contributed by atoms with Gasteiger partial charge in [-0.25, -0.2) is 0 Å². The monoisotopic (exact) mass is 282 g/mol. The summed E-state index contributed by atoms with van der Waals surface area (Å²) in [6.07, 6.45) is 3.42. The molecule has 1 rings (SSSR count). The molecule has 0 aromatic heterocycles. The average molecular weight is 283 g/mol. The van der Waals surface area contributed by atoms with Gasteiger partial charge in [-0.1, -0.05) is 23.3 Å². The lowest BCUT2D eigenvalue weighted by molar-refractivity contribution is 0.112. The average Bonchev–Trinajstić information content (AvgIpc) is 2.39. The van der Waals surface area contributed by atoms with Gasteiger partial charge in [-0.15, -0.1) is 0 Å². The van der Waals surface area contributed by atoms with E-state index in [0.29, 0.717) is 34.1 Å². The predicted molar refractivity (Wildman–Crippen MR) is 77.8 cm³/mol. The van der Waals surface area contributed by atoms with E-state index in [1.54, 1.807) is 21.1 Å². The van der Waals surface area contributed by atoms with Crippen LogP contribution in [0.25, 0.3) is 0 Å². The van der Waals surface area contributed by atoms with Crippen molar-refractivity contribution < 1.29 is 14.3 Å². The van der Waals surface area contributed by atoms with E-state index in [4.69, 9.17) is 21.1 Å². The Morgan fingerprint density at radius 3 is 2.21 bits per heavy atom. The highest BCUT2D eigenvalue weighted by Gasteiger charge is 2.21. The van der Waals surface area contributed by atoms with Crippen LogP contribution in [0.1, 0.15) is 35.3 Å². The van der Waals surface area contributed by atoms with E-state index in [1.807, 2.05) is 19.9 Å². The van der Waals surface area contributed by atoms with Crippen molar-refractivity contribution in [2.75, 3.05) is 14.2 Å². The Kier molecular flexibility index (Phi) is 5.43. The van der Waals surface area contributed by atoms with Gasteiger partial charge in [-0.3, -0.25) is 4.79 Å². The summed E-state index contributed by atoms with van der Waals surface area (Å²) < 4.78 is 10.8. The molecule has 0 saturated heterocycles. The van der Waals surface area contributed by atoms with Crippen molar-refractivity contribution >= 4 is 17.9 Å². The van der Waals surface area contributed by atoms with Crippen LogP contribution in [0.4, 0.5) is 0 Å². The van der Waals surface area contributed by atoms with Gasteiger partial charge in [-0.2, -0.15) is 0 Å². The molecule has 0 saturated carbocycles. The molecule has 0 spiro atoms. The molecule has 0 amide bonds. The number of allylic oxidation sites excluding steroid dienone is 2. The Bertz CT molecular complexity index is 515. The molecule has 3 nitrogen and oxygen atoms in total. The fraction of sp³-hybridized carbons (Fsp3) is 0.400. The minimum absolute atomic E-state index is 0.461. The van der Waals surface area contributed by atoms with E-state index < -0.39 is 0 Å². The van der Waals surface area contributed by atoms with Crippen LogP contribution in [0.2, 0.25) is 5.02 Å². The maximum absolute atomic E-state index is 11.3. The molecule has 1 aromatic carbocycles. The van der Waals surface area contributed by atoms with Crippen LogP contribution in [-0.2, 0) is 6.42 Å². The topological polar surface area (TPSA) is 35.5 Å². The molecule has 0 radical (unpaired) electrons. The number of hydrogen-bond donors (Lipinski definition) is 0. The quantitative estimate of drug-likeness (QED) is 0.605. The van der Waals surface area contributed by atoms with Crippen molar-refractivity contribution in [3.63, 3.8) is 0 Å². The number of carbonyl (C=O) groups is 1. The van der Waals surface area contributed by atoms with Crippen molar-refractivity contribution in [2.45, 2.75) is 27.2 Å². The van der Waals surface area contributed by atoms with Gasteiger partial charge in [0, 0.05) is 5.56 Å². The molecular formula is C15H19ClO3. The van der Waals surface area contributed by atoms with Crippen molar-refractivity contribution in [1.82, 2.24) is 0 Å². The van der Waals surface area contributed by atoms with Gasteiger partial charge in [-0.05, 0) is 32.8 Å². The van der Waals surface area contributed by atoms with E-state index in [0.717, 1.165) is 11.8 Å². The van der Waals surface area contributed by atoms with Gasteiger partial charge in [0.1, 0.15) is 11.5 Å². The summed E-state index contributed by atoms with van der Waals surface area (Å²) in [5, 5.41) is 0.461. The molecular weight excluding hydrogens is 264 g/mol. The van der Waals surface area contributed by atoms with Crippen LogP contribution in [0.15, 0.2) is 11.6 Å². The lowest BCUT2D eigenvalue weighted by atomic mass is 9.99.